The van der Waals surface area contributed by atoms with Crippen LogP contribution in [0.1, 0.15) is 90.4 Å². The van der Waals surface area contributed by atoms with Crippen LogP contribution in [0.25, 0.3) is 0 Å². The lowest BCUT2D eigenvalue weighted by Gasteiger charge is -2.47. The standard InChI is InChI=1S/C40H59NO11/c1-19-11-24-5-7-28-20(2)12-26(45-28)9-10-40-17-33-36(51-40)37-38(50-33)39(52-40)35-29(49-37)8-6-25(47-35)13-22(42)14-27-31(16-30(46-24)21(19)3)48-32(34(27)44-4)15-23(43)18-41/h19,23-39,43H,2-3,5-18,41H2,1,4H3/t19-,23+,24+,25?,26+,27+,28?,29+,30?,31+,32?,33?,34-,35+,36+,37+,38-,39+,40?/m1/s1. The number of rotatable bonds is 4. The maximum absolute atomic E-state index is 14.1. The summed E-state index contributed by atoms with van der Waals surface area (Å²) in [7, 11) is 1.66. The third-order valence-electron chi connectivity index (χ3n) is 14.0. The molecule has 0 radical (unpaired) electrons. The second-order valence-corrected chi connectivity index (χ2v) is 17.4. The number of nitrogens with two attached hydrogens (primary N) is 1. The van der Waals surface area contributed by atoms with Crippen molar-refractivity contribution in [3.05, 3.63) is 24.3 Å². The highest BCUT2D eigenvalue weighted by atomic mass is 16.8. The van der Waals surface area contributed by atoms with E-state index in [-0.39, 0.29) is 122 Å². The van der Waals surface area contributed by atoms with E-state index in [1.54, 1.807) is 7.11 Å². The SMILES string of the molecule is C=C1C[C@@H]2CCC34CC5O[C@H]6[C@@H](O3)[C@H]3OC(CC[C@@H]3O[C@H]6[C@H]5O4)CC(=O)C[C@H]3[C@H](CC4O[C@@H](CCC1O2)C[C@@H](C)C4=C)OC(C[C@H](O)CN)[C@@H]3OC. The Kier molecular flexibility index (Phi) is 10.0. The van der Waals surface area contributed by atoms with E-state index >= 15 is 0 Å². The lowest BCUT2D eigenvalue weighted by Crippen LogP contribution is -2.61. The molecule has 0 saturated carbocycles. The number of carbonyl (C=O) groups excluding carboxylic acids is 1. The van der Waals surface area contributed by atoms with Gasteiger partial charge in [0.25, 0.3) is 0 Å². The number of ketones is 1. The van der Waals surface area contributed by atoms with E-state index < -0.39 is 18.0 Å². The van der Waals surface area contributed by atoms with Crippen LogP contribution >= 0.6 is 0 Å². The average Bonchev–Trinajstić information content (AvgIpc) is 3.79. The van der Waals surface area contributed by atoms with Gasteiger partial charge in [-0.2, -0.15) is 0 Å². The number of methoxy groups -OCH3 is 1. The number of hydrogen-bond donors (Lipinski definition) is 2. The molecule has 12 heteroatoms. The Morgan fingerprint density at radius 1 is 0.808 bits per heavy atom. The Labute approximate surface area is 307 Å². The number of carbonyl (C=O) groups is 1. The summed E-state index contributed by atoms with van der Waals surface area (Å²) in [6, 6.07) is 0. The fourth-order valence-electron chi connectivity index (χ4n) is 11.3. The van der Waals surface area contributed by atoms with E-state index in [0.717, 1.165) is 56.1 Å². The van der Waals surface area contributed by atoms with Crippen LogP contribution in [0.2, 0.25) is 0 Å². The van der Waals surface area contributed by atoms with Crippen molar-refractivity contribution in [1.29, 1.82) is 0 Å². The van der Waals surface area contributed by atoms with Crippen molar-refractivity contribution in [2.75, 3.05) is 13.7 Å². The first-order valence-corrected chi connectivity index (χ1v) is 20.2. The van der Waals surface area contributed by atoms with Crippen LogP contribution in [-0.4, -0.2) is 128 Å². The first-order chi connectivity index (χ1) is 25.1. The summed E-state index contributed by atoms with van der Waals surface area (Å²) >= 11 is 0. The largest absolute Gasteiger partial charge is 0.392 e. The minimum absolute atomic E-state index is 0.0158. The zero-order valence-electron chi connectivity index (χ0n) is 30.8. The topological polar surface area (TPSA) is 146 Å². The number of aliphatic hydroxyl groups is 1. The van der Waals surface area contributed by atoms with Crippen molar-refractivity contribution in [1.82, 2.24) is 0 Å². The van der Waals surface area contributed by atoms with Crippen molar-refractivity contribution in [3.63, 3.8) is 0 Å². The fraction of sp³-hybridized carbons (Fsp3) is 0.875. The highest BCUT2D eigenvalue weighted by Crippen LogP contribution is 2.54. The molecular weight excluding hydrogens is 670 g/mol. The minimum Gasteiger partial charge on any atom is -0.392 e. The van der Waals surface area contributed by atoms with Crippen molar-refractivity contribution < 1.29 is 52.5 Å². The highest BCUT2D eigenvalue weighted by molar-refractivity contribution is 5.79. The first kappa shape index (κ1) is 36.4. The zero-order valence-corrected chi connectivity index (χ0v) is 30.8. The Bertz CT molecular complexity index is 1380. The molecule has 10 aliphatic heterocycles. The van der Waals surface area contributed by atoms with E-state index in [0.29, 0.717) is 25.7 Å². The summed E-state index contributed by atoms with van der Waals surface area (Å²) in [5, 5.41) is 10.5. The molecule has 12 nitrogen and oxygen atoms in total. The van der Waals surface area contributed by atoms with E-state index in [9.17, 15) is 9.90 Å². The number of ether oxygens (including phenoxy) is 9. The van der Waals surface area contributed by atoms with Gasteiger partial charge >= 0.3 is 0 Å². The molecule has 19 atom stereocenters. The molecule has 12 bridgehead atoms. The summed E-state index contributed by atoms with van der Waals surface area (Å²) < 4.78 is 60.0. The molecule has 52 heavy (non-hydrogen) atoms. The monoisotopic (exact) mass is 729 g/mol. The normalized spacial score (nSPS) is 52.4. The Balaban J connectivity index is 0.994. The maximum atomic E-state index is 14.1. The van der Waals surface area contributed by atoms with Crippen molar-refractivity contribution >= 4 is 5.78 Å². The van der Waals surface area contributed by atoms with Crippen LogP contribution in [-0.2, 0) is 47.4 Å². The molecule has 10 fully saturated rings. The lowest BCUT2D eigenvalue weighted by molar-refractivity contribution is -0.292. The zero-order chi connectivity index (χ0) is 35.9. The fourth-order valence-corrected chi connectivity index (χ4v) is 11.3. The Hall–Kier alpha value is -1.29. The molecule has 0 aromatic heterocycles. The summed E-state index contributed by atoms with van der Waals surface area (Å²) in [6.45, 7) is 11.3. The quantitative estimate of drug-likeness (QED) is 0.409. The van der Waals surface area contributed by atoms with E-state index in [4.69, 9.17) is 48.4 Å². The molecule has 10 heterocycles. The number of Topliss-reactive ketones (excluding diaryl/α,β-unsaturated/α-hetero) is 1. The molecule has 0 amide bonds. The van der Waals surface area contributed by atoms with Crippen LogP contribution in [0.5, 0.6) is 0 Å². The molecular formula is C40H59NO11. The highest BCUT2D eigenvalue weighted by Gasteiger charge is 2.68. The smallest absolute Gasteiger partial charge is 0.172 e. The second kappa shape index (κ2) is 14.3. The summed E-state index contributed by atoms with van der Waals surface area (Å²) in [5.74, 6) is -0.619. The minimum atomic E-state index is -0.780. The van der Waals surface area contributed by atoms with E-state index in [1.165, 1.54) is 0 Å². The molecule has 6 unspecified atom stereocenters. The Morgan fingerprint density at radius 3 is 2.38 bits per heavy atom. The predicted octanol–water partition coefficient (Wildman–Crippen LogP) is 3.44. The molecule has 10 rings (SSSR count). The Morgan fingerprint density at radius 2 is 1.56 bits per heavy atom. The molecule has 3 N–H and O–H groups in total. The molecule has 1 spiro atoms. The third-order valence-corrected chi connectivity index (χ3v) is 14.0. The molecule has 0 aliphatic carbocycles. The van der Waals surface area contributed by atoms with Crippen LogP contribution < -0.4 is 5.73 Å². The second-order valence-electron chi connectivity index (χ2n) is 17.4. The van der Waals surface area contributed by atoms with Gasteiger partial charge in [-0.25, -0.2) is 0 Å². The third kappa shape index (κ3) is 6.59. The summed E-state index contributed by atoms with van der Waals surface area (Å²) in [4.78, 5) is 14.1. The van der Waals surface area contributed by atoms with E-state index in [2.05, 4.69) is 20.1 Å². The first-order valence-electron chi connectivity index (χ1n) is 20.2. The van der Waals surface area contributed by atoms with Gasteiger partial charge in [-0.1, -0.05) is 20.1 Å². The van der Waals surface area contributed by atoms with Gasteiger partial charge < -0.3 is 53.5 Å². The van der Waals surface area contributed by atoms with Gasteiger partial charge in [-0.05, 0) is 62.0 Å². The molecule has 10 aliphatic rings. The lowest BCUT2D eigenvalue weighted by atomic mass is 9.81. The van der Waals surface area contributed by atoms with Crippen LogP contribution in [0.3, 0.4) is 0 Å². The summed E-state index contributed by atoms with van der Waals surface area (Å²) in [6.07, 6.45) is 4.85. The molecule has 0 aromatic rings. The van der Waals surface area contributed by atoms with Crippen molar-refractivity contribution in [2.45, 2.75) is 194 Å². The molecule has 10 saturated heterocycles. The van der Waals surface area contributed by atoms with Gasteiger partial charge in [0, 0.05) is 58.1 Å². The predicted molar refractivity (Wildman–Crippen MR) is 186 cm³/mol. The van der Waals surface area contributed by atoms with E-state index in [1.807, 2.05) is 0 Å². The van der Waals surface area contributed by atoms with Crippen LogP contribution in [0, 0.1) is 11.8 Å². The van der Waals surface area contributed by atoms with Crippen LogP contribution in [0.4, 0.5) is 0 Å². The van der Waals surface area contributed by atoms with Crippen molar-refractivity contribution in [3.8, 4) is 0 Å². The number of fused-ring (bicyclic) bond motifs is 6. The molecule has 0 aromatic carbocycles. The van der Waals surface area contributed by atoms with Gasteiger partial charge in [0.1, 0.15) is 36.3 Å². The number of hydrogen-bond acceptors (Lipinski definition) is 12. The van der Waals surface area contributed by atoms with Gasteiger partial charge in [-0.3, -0.25) is 4.79 Å². The maximum Gasteiger partial charge on any atom is 0.172 e. The van der Waals surface area contributed by atoms with Gasteiger partial charge in [-0.15, -0.1) is 0 Å². The summed E-state index contributed by atoms with van der Waals surface area (Å²) in [5.41, 5.74) is 8.01. The van der Waals surface area contributed by atoms with Gasteiger partial charge in [0.05, 0.1) is 67.1 Å². The molecule has 290 valence electrons. The van der Waals surface area contributed by atoms with Crippen molar-refractivity contribution in [2.24, 2.45) is 17.6 Å². The van der Waals surface area contributed by atoms with Gasteiger partial charge in [0.15, 0.2) is 5.79 Å². The average molecular weight is 730 g/mol. The number of aliphatic hydroxyl groups excluding tert-OH is 1. The van der Waals surface area contributed by atoms with Crippen LogP contribution in [0.15, 0.2) is 24.3 Å². The van der Waals surface area contributed by atoms with Gasteiger partial charge in [0.2, 0.25) is 0 Å².